The van der Waals surface area contributed by atoms with E-state index in [4.69, 9.17) is 0 Å². The lowest BCUT2D eigenvalue weighted by molar-refractivity contribution is 0.497. The summed E-state index contributed by atoms with van der Waals surface area (Å²) in [5.41, 5.74) is 3.05. The molecule has 0 spiro atoms. The van der Waals surface area contributed by atoms with E-state index in [-0.39, 0.29) is 0 Å². The lowest BCUT2D eigenvalue weighted by Gasteiger charge is -2.15. The first-order valence-corrected chi connectivity index (χ1v) is 7.76. The molecule has 0 radical (unpaired) electrons. The second-order valence-corrected chi connectivity index (χ2v) is 5.60. The number of fused-ring (bicyclic) bond motifs is 1. The lowest BCUT2D eigenvalue weighted by atomic mass is 10.0. The molecule has 0 amide bonds. The number of aromatic nitrogens is 3. The van der Waals surface area contributed by atoms with Crippen molar-refractivity contribution in [2.24, 2.45) is 0 Å². The Balaban J connectivity index is 1.72. The summed E-state index contributed by atoms with van der Waals surface area (Å²) in [6, 6.07) is 2.52. The Bertz CT molecular complexity index is 527. The molecule has 2 aromatic rings. The molecular formula is C16H24N4. The second-order valence-electron chi connectivity index (χ2n) is 5.60. The molecule has 0 fully saturated rings. The zero-order valence-electron chi connectivity index (χ0n) is 12.3. The molecule has 4 nitrogen and oxygen atoms in total. The van der Waals surface area contributed by atoms with Crippen LogP contribution in [0.25, 0.3) is 0 Å². The fourth-order valence-electron chi connectivity index (χ4n) is 3.15. The van der Waals surface area contributed by atoms with Gasteiger partial charge in [-0.3, -0.25) is 4.68 Å². The first-order valence-electron chi connectivity index (χ1n) is 7.76. The van der Waals surface area contributed by atoms with Crippen LogP contribution in [0.3, 0.4) is 0 Å². The molecule has 1 atom stereocenters. The molecule has 4 heteroatoms. The third-order valence-corrected chi connectivity index (χ3v) is 4.16. The summed E-state index contributed by atoms with van der Waals surface area (Å²) in [6.45, 7) is 5.17. The van der Waals surface area contributed by atoms with Crippen LogP contribution in [-0.2, 0) is 19.5 Å². The zero-order chi connectivity index (χ0) is 13.8. The molecule has 0 saturated carbocycles. The van der Waals surface area contributed by atoms with Crippen LogP contribution in [0.1, 0.15) is 43.4 Å². The van der Waals surface area contributed by atoms with Gasteiger partial charge in [-0.1, -0.05) is 13.3 Å². The van der Waals surface area contributed by atoms with Gasteiger partial charge in [-0.05, 0) is 43.0 Å². The van der Waals surface area contributed by atoms with E-state index in [0.717, 1.165) is 19.6 Å². The average Bonchev–Trinajstić information content (AvgIpc) is 3.06. The van der Waals surface area contributed by atoms with Crippen molar-refractivity contribution < 1.29 is 0 Å². The Morgan fingerprint density at radius 2 is 2.25 bits per heavy atom. The highest BCUT2D eigenvalue weighted by atomic mass is 15.3. The highest BCUT2D eigenvalue weighted by molar-refractivity contribution is 5.29. The number of nitrogens with one attached hydrogen (secondary N) is 1. The van der Waals surface area contributed by atoms with Crippen molar-refractivity contribution in [1.82, 2.24) is 19.7 Å². The van der Waals surface area contributed by atoms with Gasteiger partial charge in [0, 0.05) is 37.4 Å². The van der Waals surface area contributed by atoms with E-state index in [9.17, 15) is 0 Å². The molecule has 0 bridgehead atoms. The van der Waals surface area contributed by atoms with Crippen LogP contribution in [0, 0.1) is 0 Å². The summed E-state index contributed by atoms with van der Waals surface area (Å²) >= 11 is 0. The molecular weight excluding hydrogens is 248 g/mol. The molecule has 20 heavy (non-hydrogen) atoms. The molecule has 1 unspecified atom stereocenters. The van der Waals surface area contributed by atoms with Crippen molar-refractivity contribution in [1.29, 1.82) is 0 Å². The third-order valence-electron chi connectivity index (χ3n) is 4.16. The second kappa shape index (κ2) is 6.27. The first-order chi connectivity index (χ1) is 9.86. The smallest absolute Gasteiger partial charge is 0.0588 e. The van der Waals surface area contributed by atoms with E-state index in [1.165, 1.54) is 36.8 Å². The number of aryl methyl sites for hydroxylation is 3. The summed E-state index contributed by atoms with van der Waals surface area (Å²) in [4.78, 5) is 0. The summed E-state index contributed by atoms with van der Waals surface area (Å²) in [7, 11) is 0. The standard InChI is InChI=1S/C16H24N4/c1-2-17-16-7-4-3-6-14-12-19(13-15(14)16)10-11-20-9-5-8-18-20/h5,8-9,12-13,16-17H,2-4,6-7,10-11H2,1H3. The van der Waals surface area contributed by atoms with Crippen LogP contribution < -0.4 is 5.32 Å². The number of hydrogen-bond acceptors (Lipinski definition) is 2. The Hall–Kier alpha value is -1.55. The minimum Gasteiger partial charge on any atom is -0.352 e. The van der Waals surface area contributed by atoms with Crippen LogP contribution in [0.2, 0.25) is 0 Å². The van der Waals surface area contributed by atoms with Crippen molar-refractivity contribution >= 4 is 0 Å². The van der Waals surface area contributed by atoms with Crippen molar-refractivity contribution in [2.45, 2.75) is 51.7 Å². The molecule has 108 valence electrons. The monoisotopic (exact) mass is 272 g/mol. The maximum atomic E-state index is 4.26. The van der Waals surface area contributed by atoms with E-state index in [2.05, 4.69) is 34.3 Å². The van der Waals surface area contributed by atoms with Gasteiger partial charge < -0.3 is 9.88 Å². The average molecular weight is 272 g/mol. The van der Waals surface area contributed by atoms with Crippen LogP contribution in [0.4, 0.5) is 0 Å². The fourth-order valence-corrected chi connectivity index (χ4v) is 3.15. The molecule has 1 aliphatic carbocycles. The third kappa shape index (κ3) is 2.96. The number of hydrogen-bond donors (Lipinski definition) is 1. The van der Waals surface area contributed by atoms with E-state index < -0.39 is 0 Å². The van der Waals surface area contributed by atoms with Gasteiger partial charge in [0.15, 0.2) is 0 Å². The molecule has 0 aromatic carbocycles. The van der Waals surface area contributed by atoms with Crippen LogP contribution in [0.5, 0.6) is 0 Å². The first kappa shape index (κ1) is 13.4. The molecule has 0 aliphatic heterocycles. The van der Waals surface area contributed by atoms with Gasteiger partial charge >= 0.3 is 0 Å². The van der Waals surface area contributed by atoms with Gasteiger partial charge in [-0.25, -0.2) is 0 Å². The largest absolute Gasteiger partial charge is 0.352 e. The summed E-state index contributed by atoms with van der Waals surface area (Å²) in [5.74, 6) is 0. The van der Waals surface area contributed by atoms with Gasteiger partial charge in [0.1, 0.15) is 0 Å². The maximum absolute atomic E-state index is 4.26. The topological polar surface area (TPSA) is 34.8 Å². The van der Waals surface area contributed by atoms with Crippen molar-refractivity contribution in [3.05, 3.63) is 42.0 Å². The van der Waals surface area contributed by atoms with Crippen molar-refractivity contribution in [2.75, 3.05) is 6.54 Å². The highest BCUT2D eigenvalue weighted by Gasteiger charge is 2.19. The van der Waals surface area contributed by atoms with Crippen LogP contribution >= 0.6 is 0 Å². The Morgan fingerprint density at radius 1 is 1.30 bits per heavy atom. The Morgan fingerprint density at radius 3 is 3.05 bits per heavy atom. The van der Waals surface area contributed by atoms with E-state index in [0.29, 0.717) is 6.04 Å². The predicted octanol–water partition coefficient (Wildman–Crippen LogP) is 2.76. The summed E-state index contributed by atoms with van der Waals surface area (Å²) in [6.07, 6.45) is 13.7. The maximum Gasteiger partial charge on any atom is 0.0588 e. The predicted molar refractivity (Wildman–Crippen MR) is 80.6 cm³/mol. The van der Waals surface area contributed by atoms with Gasteiger partial charge in [0.05, 0.1) is 6.54 Å². The lowest BCUT2D eigenvalue weighted by Crippen LogP contribution is -2.20. The molecule has 0 saturated heterocycles. The SMILES string of the molecule is CCNC1CCCCc2cn(CCn3cccn3)cc21. The number of nitrogens with zero attached hydrogens (tertiary/aromatic N) is 3. The van der Waals surface area contributed by atoms with Gasteiger partial charge in [-0.15, -0.1) is 0 Å². The number of rotatable bonds is 5. The molecule has 2 aromatic heterocycles. The van der Waals surface area contributed by atoms with Gasteiger partial charge in [0.2, 0.25) is 0 Å². The van der Waals surface area contributed by atoms with Gasteiger partial charge in [0.25, 0.3) is 0 Å². The minimum absolute atomic E-state index is 0.545. The quantitative estimate of drug-likeness (QED) is 0.849. The Kier molecular flexibility index (Phi) is 4.21. The van der Waals surface area contributed by atoms with Crippen LogP contribution in [0.15, 0.2) is 30.9 Å². The van der Waals surface area contributed by atoms with E-state index in [1.54, 1.807) is 0 Å². The minimum atomic E-state index is 0.545. The summed E-state index contributed by atoms with van der Waals surface area (Å²) in [5, 5.41) is 7.90. The van der Waals surface area contributed by atoms with Crippen molar-refractivity contribution in [3.8, 4) is 0 Å². The molecule has 3 rings (SSSR count). The Labute approximate surface area is 120 Å². The molecule has 1 aliphatic rings. The van der Waals surface area contributed by atoms with Gasteiger partial charge in [-0.2, -0.15) is 5.10 Å². The van der Waals surface area contributed by atoms with E-state index in [1.807, 2.05) is 23.1 Å². The van der Waals surface area contributed by atoms with Crippen molar-refractivity contribution in [3.63, 3.8) is 0 Å². The molecule has 2 heterocycles. The normalized spacial score (nSPS) is 18.8. The summed E-state index contributed by atoms with van der Waals surface area (Å²) < 4.78 is 4.33. The van der Waals surface area contributed by atoms with Crippen LogP contribution in [-0.4, -0.2) is 20.9 Å². The zero-order valence-corrected chi connectivity index (χ0v) is 12.3. The molecule has 1 N–H and O–H groups in total. The fraction of sp³-hybridized carbons (Fsp3) is 0.562. The van der Waals surface area contributed by atoms with E-state index >= 15 is 0 Å². The highest BCUT2D eigenvalue weighted by Crippen LogP contribution is 2.29.